The van der Waals surface area contributed by atoms with Crippen molar-refractivity contribution in [3.63, 3.8) is 0 Å². The fourth-order valence-electron chi connectivity index (χ4n) is 1.66. The molecule has 0 fully saturated rings. The number of hydrogen-bond donors (Lipinski definition) is 3. The predicted molar refractivity (Wildman–Crippen MR) is 79.4 cm³/mol. The Balaban J connectivity index is 2.11. The van der Waals surface area contributed by atoms with Gasteiger partial charge >= 0.3 is 11.7 Å². The molecule has 0 amide bonds. The van der Waals surface area contributed by atoms with Crippen LogP contribution >= 0.6 is 0 Å². The van der Waals surface area contributed by atoms with E-state index in [1.807, 2.05) is 0 Å². The smallest absolute Gasteiger partial charge is 0.335 e. The summed E-state index contributed by atoms with van der Waals surface area (Å²) in [6.45, 7) is 0. The van der Waals surface area contributed by atoms with Crippen molar-refractivity contribution in [2.45, 2.75) is 0 Å². The second-order valence-electron chi connectivity index (χ2n) is 4.22. The normalized spacial score (nSPS) is 10.5. The van der Waals surface area contributed by atoms with Crippen LogP contribution in [0.5, 0.6) is 5.75 Å². The zero-order valence-electron chi connectivity index (χ0n) is 11.1. The average molecular weight is 301 g/mol. The van der Waals surface area contributed by atoms with Crippen LogP contribution in [-0.4, -0.2) is 27.3 Å². The number of carbonyl (C=O) groups is 1. The van der Waals surface area contributed by atoms with Gasteiger partial charge in [0, 0.05) is 11.6 Å². The number of aromatic carboxylic acids is 1. The molecule has 0 atom stereocenters. The predicted octanol–water partition coefficient (Wildman–Crippen LogP) is 2.44. The SMILES string of the molecule is O=C(O)c1ccc(NN=Cc2cccc([N+](=O)[O-])c2O)cc1. The molecule has 0 saturated heterocycles. The van der Waals surface area contributed by atoms with Crippen molar-refractivity contribution in [2.24, 2.45) is 5.10 Å². The van der Waals surface area contributed by atoms with Crippen LogP contribution in [0.2, 0.25) is 0 Å². The van der Waals surface area contributed by atoms with E-state index in [1.165, 1.54) is 48.7 Å². The van der Waals surface area contributed by atoms with Gasteiger partial charge in [0.05, 0.1) is 22.4 Å². The van der Waals surface area contributed by atoms with Gasteiger partial charge in [0.1, 0.15) is 0 Å². The highest BCUT2D eigenvalue weighted by Crippen LogP contribution is 2.27. The summed E-state index contributed by atoms with van der Waals surface area (Å²) in [7, 11) is 0. The van der Waals surface area contributed by atoms with Crippen molar-refractivity contribution in [3.05, 3.63) is 63.7 Å². The van der Waals surface area contributed by atoms with E-state index in [9.17, 15) is 20.0 Å². The number of carboxylic acid groups (broad SMARTS) is 1. The van der Waals surface area contributed by atoms with Crippen molar-refractivity contribution in [3.8, 4) is 5.75 Å². The highest BCUT2D eigenvalue weighted by Gasteiger charge is 2.14. The summed E-state index contributed by atoms with van der Waals surface area (Å²) in [6.07, 6.45) is 1.23. The molecular weight excluding hydrogens is 290 g/mol. The lowest BCUT2D eigenvalue weighted by Crippen LogP contribution is -1.97. The van der Waals surface area contributed by atoms with Gasteiger partial charge in [0.15, 0.2) is 0 Å². The van der Waals surface area contributed by atoms with E-state index in [4.69, 9.17) is 5.11 Å². The van der Waals surface area contributed by atoms with Crippen LogP contribution in [0.25, 0.3) is 0 Å². The zero-order valence-corrected chi connectivity index (χ0v) is 11.1. The van der Waals surface area contributed by atoms with Crippen LogP contribution < -0.4 is 5.43 Å². The van der Waals surface area contributed by atoms with Gasteiger partial charge in [0.25, 0.3) is 0 Å². The van der Waals surface area contributed by atoms with Crippen molar-refractivity contribution < 1.29 is 19.9 Å². The maximum Gasteiger partial charge on any atom is 0.335 e. The fourth-order valence-corrected chi connectivity index (χ4v) is 1.66. The molecule has 0 aliphatic carbocycles. The number of carboxylic acids is 1. The number of nitrogens with one attached hydrogen (secondary N) is 1. The maximum absolute atomic E-state index is 10.7. The second-order valence-corrected chi connectivity index (χ2v) is 4.22. The number of rotatable bonds is 5. The van der Waals surface area contributed by atoms with Gasteiger partial charge in [-0.2, -0.15) is 5.10 Å². The molecule has 112 valence electrons. The number of anilines is 1. The van der Waals surface area contributed by atoms with E-state index in [-0.39, 0.29) is 11.1 Å². The molecule has 0 saturated carbocycles. The number of nitrogens with zero attached hydrogens (tertiary/aromatic N) is 2. The van der Waals surface area contributed by atoms with E-state index in [0.717, 1.165) is 0 Å². The minimum Gasteiger partial charge on any atom is -0.502 e. The Morgan fingerprint density at radius 3 is 2.50 bits per heavy atom. The molecule has 8 heteroatoms. The quantitative estimate of drug-likeness (QED) is 0.442. The Hall–Kier alpha value is -3.42. The van der Waals surface area contributed by atoms with Gasteiger partial charge < -0.3 is 10.2 Å². The molecule has 0 bridgehead atoms. The number of benzene rings is 2. The van der Waals surface area contributed by atoms with Gasteiger partial charge in [-0.15, -0.1) is 0 Å². The Labute approximate surface area is 124 Å². The third-order valence-electron chi connectivity index (χ3n) is 2.77. The number of aromatic hydroxyl groups is 1. The van der Waals surface area contributed by atoms with Crippen molar-refractivity contribution in [2.75, 3.05) is 5.43 Å². The average Bonchev–Trinajstić information content (AvgIpc) is 2.49. The molecule has 3 N–H and O–H groups in total. The first-order valence-electron chi connectivity index (χ1n) is 6.08. The first-order valence-corrected chi connectivity index (χ1v) is 6.08. The van der Waals surface area contributed by atoms with Gasteiger partial charge in [-0.1, -0.05) is 6.07 Å². The number of nitro groups is 1. The van der Waals surface area contributed by atoms with E-state index in [2.05, 4.69) is 10.5 Å². The van der Waals surface area contributed by atoms with Crippen molar-refractivity contribution >= 4 is 23.6 Å². The van der Waals surface area contributed by atoms with Gasteiger partial charge in [0.2, 0.25) is 5.75 Å². The Kier molecular flexibility index (Phi) is 4.33. The minimum atomic E-state index is -1.03. The summed E-state index contributed by atoms with van der Waals surface area (Å²) in [4.78, 5) is 20.7. The molecule has 2 aromatic carbocycles. The Morgan fingerprint density at radius 2 is 1.91 bits per heavy atom. The van der Waals surface area contributed by atoms with Crippen molar-refractivity contribution in [1.82, 2.24) is 0 Å². The number of para-hydroxylation sites is 1. The summed E-state index contributed by atoms with van der Waals surface area (Å²) in [6, 6.07) is 9.95. The largest absolute Gasteiger partial charge is 0.502 e. The van der Waals surface area contributed by atoms with Gasteiger partial charge in [-0.25, -0.2) is 4.79 Å². The first kappa shape index (κ1) is 15.0. The van der Waals surface area contributed by atoms with Crippen molar-refractivity contribution in [1.29, 1.82) is 0 Å². The third kappa shape index (κ3) is 3.37. The molecule has 0 unspecified atom stereocenters. The Morgan fingerprint density at radius 1 is 1.23 bits per heavy atom. The molecule has 8 nitrogen and oxygen atoms in total. The van der Waals surface area contributed by atoms with E-state index >= 15 is 0 Å². The summed E-state index contributed by atoms with van der Waals surface area (Å²) in [5.74, 6) is -1.50. The summed E-state index contributed by atoms with van der Waals surface area (Å²) in [5, 5.41) is 33.0. The molecule has 0 radical (unpaired) electrons. The fraction of sp³-hybridized carbons (Fsp3) is 0. The Bertz CT molecular complexity index is 741. The number of hydrogen-bond acceptors (Lipinski definition) is 6. The van der Waals surface area contributed by atoms with Gasteiger partial charge in [-0.05, 0) is 30.3 Å². The van der Waals surface area contributed by atoms with Gasteiger partial charge in [-0.3, -0.25) is 15.5 Å². The summed E-state index contributed by atoms with van der Waals surface area (Å²) in [5.41, 5.74) is 3.09. The monoisotopic (exact) mass is 301 g/mol. The minimum absolute atomic E-state index is 0.144. The van der Waals surface area contributed by atoms with Crippen LogP contribution in [-0.2, 0) is 0 Å². The highest BCUT2D eigenvalue weighted by molar-refractivity contribution is 5.88. The lowest BCUT2D eigenvalue weighted by atomic mass is 10.2. The zero-order chi connectivity index (χ0) is 16.1. The number of hydrazone groups is 1. The molecule has 0 heterocycles. The lowest BCUT2D eigenvalue weighted by Gasteiger charge is -2.02. The molecular formula is C14H11N3O5. The number of nitro benzene ring substituents is 1. The number of phenolic OH excluding ortho intramolecular Hbond substituents is 1. The molecule has 0 aromatic heterocycles. The molecule has 2 aromatic rings. The third-order valence-corrected chi connectivity index (χ3v) is 2.77. The second kappa shape index (κ2) is 6.35. The lowest BCUT2D eigenvalue weighted by molar-refractivity contribution is -0.385. The molecule has 0 aliphatic rings. The maximum atomic E-state index is 10.7. The molecule has 0 spiro atoms. The molecule has 0 aliphatic heterocycles. The summed E-state index contributed by atoms with van der Waals surface area (Å²) >= 11 is 0. The topological polar surface area (TPSA) is 125 Å². The summed E-state index contributed by atoms with van der Waals surface area (Å²) < 4.78 is 0. The van der Waals surface area contributed by atoms with Crippen LogP contribution in [0.15, 0.2) is 47.6 Å². The molecule has 2 rings (SSSR count). The van der Waals surface area contributed by atoms with Crippen LogP contribution in [0.4, 0.5) is 11.4 Å². The van der Waals surface area contributed by atoms with E-state index in [0.29, 0.717) is 5.69 Å². The first-order chi connectivity index (χ1) is 10.5. The molecule has 22 heavy (non-hydrogen) atoms. The van der Waals surface area contributed by atoms with Crippen LogP contribution in [0, 0.1) is 10.1 Å². The number of phenols is 1. The van der Waals surface area contributed by atoms with E-state index < -0.39 is 22.3 Å². The van der Waals surface area contributed by atoms with Crippen LogP contribution in [0.3, 0.4) is 0 Å². The van der Waals surface area contributed by atoms with Crippen LogP contribution in [0.1, 0.15) is 15.9 Å². The standard InChI is InChI=1S/C14H11N3O5/c18-13-10(2-1-3-12(13)17(21)22)8-15-16-11-6-4-9(5-7-11)14(19)20/h1-8,16,18H,(H,19,20). The van der Waals surface area contributed by atoms with E-state index in [1.54, 1.807) is 0 Å². The highest BCUT2D eigenvalue weighted by atomic mass is 16.6.